The zero-order valence-electron chi connectivity index (χ0n) is 10.8. The van der Waals surface area contributed by atoms with Gasteiger partial charge in [0.15, 0.2) is 0 Å². The van der Waals surface area contributed by atoms with Crippen molar-refractivity contribution in [1.82, 2.24) is 4.98 Å². The van der Waals surface area contributed by atoms with E-state index < -0.39 is 0 Å². The van der Waals surface area contributed by atoms with Gasteiger partial charge in [0.2, 0.25) is 0 Å². The molecule has 1 aromatic heterocycles. The minimum atomic E-state index is 1.25. The number of aromatic nitrogens is 1. The van der Waals surface area contributed by atoms with E-state index in [1.165, 1.54) is 44.1 Å². The van der Waals surface area contributed by atoms with E-state index in [0.717, 1.165) is 0 Å². The largest absolute Gasteiger partial charge is 0.354 e. The van der Waals surface area contributed by atoms with Crippen molar-refractivity contribution in [2.24, 2.45) is 0 Å². The summed E-state index contributed by atoms with van der Waals surface area (Å²) in [6, 6.07) is 9.03. The third kappa shape index (κ3) is 1.46. The highest BCUT2D eigenvalue weighted by atomic mass is 14.7. The molecule has 3 aromatic rings. The van der Waals surface area contributed by atoms with Crippen molar-refractivity contribution in [1.29, 1.82) is 0 Å². The van der Waals surface area contributed by atoms with Gasteiger partial charge in [-0.1, -0.05) is 6.07 Å². The van der Waals surface area contributed by atoms with E-state index in [0.29, 0.717) is 0 Å². The number of aryl methyl sites for hydroxylation is 4. The third-order valence-corrected chi connectivity index (χ3v) is 3.65. The van der Waals surface area contributed by atoms with Crippen LogP contribution in [0.2, 0.25) is 0 Å². The van der Waals surface area contributed by atoms with Gasteiger partial charge in [0, 0.05) is 21.8 Å². The second-order valence-corrected chi connectivity index (χ2v) is 5.11. The first-order chi connectivity index (χ1) is 8.06. The number of hydrogen-bond donors (Lipinski definition) is 1. The number of rotatable bonds is 0. The molecule has 0 bridgehead atoms. The Morgan fingerprint density at radius 1 is 0.706 bits per heavy atom. The molecule has 0 aliphatic carbocycles. The topological polar surface area (TPSA) is 15.8 Å². The summed E-state index contributed by atoms with van der Waals surface area (Å²) in [4.78, 5) is 3.53. The van der Waals surface area contributed by atoms with E-state index in [1.807, 2.05) is 0 Å². The second-order valence-electron chi connectivity index (χ2n) is 5.11. The molecule has 0 unspecified atom stereocenters. The Bertz CT molecular complexity index is 732. The third-order valence-electron chi connectivity index (χ3n) is 3.65. The van der Waals surface area contributed by atoms with Gasteiger partial charge in [-0.2, -0.15) is 0 Å². The van der Waals surface area contributed by atoms with E-state index in [9.17, 15) is 0 Å². The van der Waals surface area contributed by atoms with Crippen molar-refractivity contribution in [3.63, 3.8) is 0 Å². The Labute approximate surface area is 101 Å². The van der Waals surface area contributed by atoms with Crippen molar-refractivity contribution < 1.29 is 0 Å². The molecule has 2 aromatic carbocycles. The van der Waals surface area contributed by atoms with Gasteiger partial charge in [0.25, 0.3) is 0 Å². The minimum absolute atomic E-state index is 1.25. The summed E-state index contributed by atoms with van der Waals surface area (Å²) in [6.07, 6.45) is 0. The lowest BCUT2D eigenvalue weighted by Gasteiger charge is -2.02. The highest BCUT2D eigenvalue weighted by Gasteiger charge is 2.08. The van der Waals surface area contributed by atoms with Gasteiger partial charge in [-0.3, -0.25) is 0 Å². The van der Waals surface area contributed by atoms with Gasteiger partial charge in [-0.15, -0.1) is 0 Å². The maximum Gasteiger partial charge on any atom is 0.0470 e. The van der Waals surface area contributed by atoms with Crippen LogP contribution < -0.4 is 0 Å². The van der Waals surface area contributed by atoms with Gasteiger partial charge in [0.05, 0.1) is 0 Å². The molecule has 3 rings (SSSR count). The highest BCUT2D eigenvalue weighted by molar-refractivity contribution is 6.09. The van der Waals surface area contributed by atoms with Crippen LogP contribution in [0.1, 0.15) is 22.3 Å². The van der Waals surface area contributed by atoms with Crippen LogP contribution in [-0.4, -0.2) is 4.98 Å². The van der Waals surface area contributed by atoms with Gasteiger partial charge in [0.1, 0.15) is 0 Å². The number of H-pyrrole nitrogens is 1. The maximum absolute atomic E-state index is 3.53. The zero-order valence-corrected chi connectivity index (χ0v) is 10.8. The Balaban J connectivity index is 2.56. The molecule has 1 nitrogen and oxygen atoms in total. The van der Waals surface area contributed by atoms with Gasteiger partial charge in [-0.05, 0) is 68.1 Å². The molecule has 0 saturated carbocycles. The lowest BCUT2D eigenvalue weighted by molar-refractivity contribution is 1.36. The lowest BCUT2D eigenvalue weighted by Crippen LogP contribution is -1.81. The average molecular weight is 223 g/mol. The molecule has 1 heterocycles. The number of benzene rings is 2. The Kier molecular flexibility index (Phi) is 2.06. The average Bonchev–Trinajstić information content (AvgIpc) is 2.56. The van der Waals surface area contributed by atoms with E-state index in [-0.39, 0.29) is 0 Å². The van der Waals surface area contributed by atoms with Crippen molar-refractivity contribution in [2.75, 3.05) is 0 Å². The molecular weight excluding hydrogens is 206 g/mol. The molecule has 0 fully saturated rings. The molecule has 0 amide bonds. The van der Waals surface area contributed by atoms with Crippen LogP contribution in [0.5, 0.6) is 0 Å². The van der Waals surface area contributed by atoms with Crippen LogP contribution in [0.15, 0.2) is 24.3 Å². The molecule has 86 valence electrons. The van der Waals surface area contributed by atoms with Gasteiger partial charge >= 0.3 is 0 Å². The summed E-state index contributed by atoms with van der Waals surface area (Å²) in [6.45, 7) is 8.68. The monoisotopic (exact) mass is 223 g/mol. The summed E-state index contributed by atoms with van der Waals surface area (Å²) in [5, 5.41) is 2.72. The van der Waals surface area contributed by atoms with E-state index >= 15 is 0 Å². The van der Waals surface area contributed by atoms with Gasteiger partial charge in [-0.25, -0.2) is 0 Å². The first-order valence-corrected chi connectivity index (χ1v) is 6.06. The number of hydrogen-bond acceptors (Lipinski definition) is 0. The van der Waals surface area contributed by atoms with E-state index in [1.54, 1.807) is 0 Å². The van der Waals surface area contributed by atoms with Crippen molar-refractivity contribution in [3.05, 3.63) is 46.5 Å². The van der Waals surface area contributed by atoms with Crippen LogP contribution in [0.3, 0.4) is 0 Å². The second kappa shape index (κ2) is 3.36. The maximum atomic E-state index is 3.53. The summed E-state index contributed by atoms with van der Waals surface area (Å²) in [5.74, 6) is 0. The van der Waals surface area contributed by atoms with Gasteiger partial charge < -0.3 is 4.98 Å². The normalized spacial score (nSPS) is 11.5. The SMILES string of the molecule is Cc1cc(C)c2c(c1)[nH]c1cc(C)c(C)cc12. The Morgan fingerprint density at radius 2 is 1.41 bits per heavy atom. The van der Waals surface area contributed by atoms with E-state index in [4.69, 9.17) is 0 Å². The molecule has 0 spiro atoms. The van der Waals surface area contributed by atoms with Crippen LogP contribution in [0.25, 0.3) is 21.8 Å². The molecule has 0 atom stereocenters. The molecule has 1 N–H and O–H groups in total. The molecule has 0 aliphatic heterocycles. The molecule has 17 heavy (non-hydrogen) atoms. The van der Waals surface area contributed by atoms with Crippen LogP contribution in [0, 0.1) is 27.7 Å². The Hall–Kier alpha value is -1.76. The van der Waals surface area contributed by atoms with Crippen LogP contribution in [0.4, 0.5) is 0 Å². The minimum Gasteiger partial charge on any atom is -0.354 e. The highest BCUT2D eigenvalue weighted by Crippen LogP contribution is 2.30. The first kappa shape index (κ1) is 10.4. The first-order valence-electron chi connectivity index (χ1n) is 6.06. The number of fused-ring (bicyclic) bond motifs is 3. The van der Waals surface area contributed by atoms with Crippen molar-refractivity contribution in [3.8, 4) is 0 Å². The lowest BCUT2D eigenvalue weighted by atomic mass is 10.0. The molecule has 0 radical (unpaired) electrons. The molecule has 1 heteroatoms. The summed E-state index contributed by atoms with van der Waals surface area (Å²) < 4.78 is 0. The fourth-order valence-electron chi connectivity index (χ4n) is 2.70. The molecule has 0 aliphatic rings. The Morgan fingerprint density at radius 3 is 2.18 bits per heavy atom. The molecular formula is C16H17N. The fourth-order valence-corrected chi connectivity index (χ4v) is 2.70. The predicted molar refractivity (Wildman–Crippen MR) is 74.8 cm³/mol. The van der Waals surface area contributed by atoms with Crippen molar-refractivity contribution >= 4 is 21.8 Å². The number of aromatic amines is 1. The van der Waals surface area contributed by atoms with Crippen molar-refractivity contribution in [2.45, 2.75) is 27.7 Å². The standard InChI is InChI=1S/C16H17N/c1-9-5-12(4)16-13-7-10(2)11(3)8-14(13)17-15(16)6-9/h5-8,17H,1-4H3. The van der Waals surface area contributed by atoms with E-state index in [2.05, 4.69) is 56.9 Å². The smallest absolute Gasteiger partial charge is 0.0470 e. The van der Waals surface area contributed by atoms with Crippen LogP contribution >= 0.6 is 0 Å². The summed E-state index contributed by atoms with van der Waals surface area (Å²) in [5.41, 5.74) is 7.88. The quantitative estimate of drug-likeness (QED) is 0.575. The van der Waals surface area contributed by atoms with Crippen LogP contribution in [-0.2, 0) is 0 Å². The predicted octanol–water partition coefficient (Wildman–Crippen LogP) is 4.55. The zero-order chi connectivity index (χ0) is 12.2. The number of nitrogens with one attached hydrogen (secondary N) is 1. The fraction of sp³-hybridized carbons (Fsp3) is 0.250. The molecule has 0 saturated heterocycles. The summed E-state index contributed by atoms with van der Waals surface area (Å²) >= 11 is 0. The summed E-state index contributed by atoms with van der Waals surface area (Å²) in [7, 11) is 0.